The first kappa shape index (κ1) is 18.6. The number of anilines is 1. The fraction of sp³-hybridized carbons (Fsp3) is 0.0476. The number of benzene rings is 1. The molecule has 3 heterocycles. The molecule has 0 saturated heterocycles. The van der Waals surface area contributed by atoms with Crippen LogP contribution in [0.3, 0.4) is 0 Å². The van der Waals surface area contributed by atoms with Crippen molar-refractivity contribution in [1.29, 1.82) is 0 Å². The molecule has 0 atom stereocenters. The Balaban J connectivity index is 1.42. The van der Waals surface area contributed by atoms with E-state index >= 15 is 0 Å². The molecule has 0 aliphatic heterocycles. The lowest BCUT2D eigenvalue weighted by atomic mass is 10.1. The molecule has 3 aromatic heterocycles. The second-order valence-electron chi connectivity index (χ2n) is 6.13. The monoisotopic (exact) mass is 403 g/mol. The third-order valence-corrected chi connectivity index (χ3v) is 5.03. The highest BCUT2D eigenvalue weighted by atomic mass is 32.1. The van der Waals surface area contributed by atoms with E-state index in [1.54, 1.807) is 47.4 Å². The number of carbonyl (C=O) groups is 2. The SMILES string of the molecule is O=C(Nc1ccccc1C(=O)NCc1ccc(-n2cccn2)nc1)c1cccs1. The maximum absolute atomic E-state index is 12.7. The van der Waals surface area contributed by atoms with Crippen molar-refractivity contribution < 1.29 is 9.59 Å². The maximum atomic E-state index is 12.7. The van der Waals surface area contributed by atoms with Gasteiger partial charge in [0.15, 0.2) is 5.82 Å². The zero-order valence-corrected chi connectivity index (χ0v) is 16.1. The van der Waals surface area contributed by atoms with Gasteiger partial charge in [-0.15, -0.1) is 11.3 Å². The number of rotatable bonds is 6. The van der Waals surface area contributed by atoms with Gasteiger partial charge < -0.3 is 10.6 Å². The summed E-state index contributed by atoms with van der Waals surface area (Å²) in [5.41, 5.74) is 1.73. The van der Waals surface area contributed by atoms with Crippen molar-refractivity contribution in [1.82, 2.24) is 20.1 Å². The van der Waals surface area contributed by atoms with Crippen LogP contribution < -0.4 is 10.6 Å². The number of hydrogen-bond donors (Lipinski definition) is 2. The smallest absolute Gasteiger partial charge is 0.265 e. The van der Waals surface area contributed by atoms with Crippen molar-refractivity contribution in [3.8, 4) is 5.82 Å². The Morgan fingerprint density at radius 1 is 1.00 bits per heavy atom. The van der Waals surface area contributed by atoms with Crippen molar-refractivity contribution >= 4 is 28.8 Å². The second-order valence-corrected chi connectivity index (χ2v) is 7.08. The van der Waals surface area contributed by atoms with E-state index in [9.17, 15) is 9.59 Å². The first-order valence-electron chi connectivity index (χ1n) is 8.88. The van der Waals surface area contributed by atoms with Crippen molar-refractivity contribution in [3.05, 3.63) is 94.6 Å². The van der Waals surface area contributed by atoms with Crippen molar-refractivity contribution in [2.24, 2.45) is 0 Å². The largest absolute Gasteiger partial charge is 0.348 e. The Bertz CT molecular complexity index is 1110. The summed E-state index contributed by atoms with van der Waals surface area (Å²) in [7, 11) is 0. The molecule has 0 saturated carbocycles. The molecular weight excluding hydrogens is 386 g/mol. The fourth-order valence-electron chi connectivity index (χ4n) is 2.72. The molecule has 0 spiro atoms. The average molecular weight is 403 g/mol. The van der Waals surface area contributed by atoms with Gasteiger partial charge in [0.2, 0.25) is 0 Å². The zero-order chi connectivity index (χ0) is 20.1. The predicted molar refractivity (Wildman–Crippen MR) is 111 cm³/mol. The van der Waals surface area contributed by atoms with Crippen molar-refractivity contribution in [2.45, 2.75) is 6.54 Å². The topological polar surface area (TPSA) is 88.9 Å². The summed E-state index contributed by atoms with van der Waals surface area (Å²) in [4.78, 5) is 29.9. The van der Waals surface area contributed by atoms with Crippen LogP contribution in [0.1, 0.15) is 25.6 Å². The molecule has 0 fully saturated rings. The van der Waals surface area contributed by atoms with Gasteiger partial charge in [0.05, 0.1) is 16.1 Å². The maximum Gasteiger partial charge on any atom is 0.265 e. The molecular formula is C21H17N5O2S. The number of aromatic nitrogens is 3. The van der Waals surface area contributed by atoms with Crippen LogP contribution in [0.4, 0.5) is 5.69 Å². The zero-order valence-electron chi connectivity index (χ0n) is 15.3. The van der Waals surface area contributed by atoms with E-state index in [1.807, 2.05) is 35.8 Å². The number of amides is 2. The van der Waals surface area contributed by atoms with Crippen LogP contribution in [0.25, 0.3) is 5.82 Å². The van der Waals surface area contributed by atoms with Crippen LogP contribution in [-0.2, 0) is 6.54 Å². The Morgan fingerprint density at radius 2 is 1.90 bits per heavy atom. The summed E-state index contributed by atoms with van der Waals surface area (Å²) in [5, 5.41) is 11.6. The number of para-hydroxylation sites is 1. The number of nitrogens with one attached hydrogen (secondary N) is 2. The molecule has 0 bridgehead atoms. The van der Waals surface area contributed by atoms with Gasteiger partial charge in [-0.1, -0.05) is 24.3 Å². The van der Waals surface area contributed by atoms with E-state index in [2.05, 4.69) is 20.7 Å². The molecule has 4 aromatic rings. The molecule has 0 radical (unpaired) electrons. The predicted octanol–water partition coefficient (Wildman–Crippen LogP) is 3.51. The summed E-state index contributed by atoms with van der Waals surface area (Å²) in [5.74, 6) is 0.189. The number of hydrogen-bond acceptors (Lipinski definition) is 5. The van der Waals surface area contributed by atoms with Gasteiger partial charge in [-0.05, 0) is 41.3 Å². The van der Waals surface area contributed by atoms with E-state index in [-0.39, 0.29) is 11.8 Å². The highest BCUT2D eigenvalue weighted by molar-refractivity contribution is 7.12. The normalized spacial score (nSPS) is 10.5. The summed E-state index contributed by atoms with van der Waals surface area (Å²) >= 11 is 1.35. The lowest BCUT2D eigenvalue weighted by Gasteiger charge is -2.11. The van der Waals surface area contributed by atoms with Crippen LogP contribution >= 0.6 is 11.3 Å². The van der Waals surface area contributed by atoms with Gasteiger partial charge in [0, 0.05) is 25.1 Å². The Kier molecular flexibility index (Phi) is 5.44. The third kappa shape index (κ3) is 4.39. The van der Waals surface area contributed by atoms with Gasteiger partial charge >= 0.3 is 0 Å². The lowest BCUT2D eigenvalue weighted by Crippen LogP contribution is -2.24. The van der Waals surface area contributed by atoms with Gasteiger partial charge in [-0.2, -0.15) is 5.10 Å². The molecule has 8 heteroatoms. The molecule has 0 aliphatic carbocycles. The Labute approximate surface area is 171 Å². The van der Waals surface area contributed by atoms with E-state index in [0.29, 0.717) is 28.5 Å². The fourth-order valence-corrected chi connectivity index (χ4v) is 3.34. The standard InChI is InChI=1S/C21H17N5O2S/c27-20(23-14-15-8-9-19(22-13-15)26-11-4-10-24-26)16-5-1-2-6-17(16)25-21(28)18-7-3-12-29-18/h1-13H,14H2,(H,23,27)(H,25,28). The molecule has 2 amide bonds. The first-order valence-corrected chi connectivity index (χ1v) is 9.76. The minimum absolute atomic E-state index is 0.237. The number of nitrogens with zero attached hydrogens (tertiary/aromatic N) is 3. The molecule has 0 aliphatic rings. The molecule has 2 N–H and O–H groups in total. The number of pyridine rings is 1. The summed E-state index contributed by atoms with van der Waals surface area (Å²) < 4.78 is 1.66. The van der Waals surface area contributed by atoms with Crippen LogP contribution in [0.2, 0.25) is 0 Å². The van der Waals surface area contributed by atoms with Gasteiger partial charge in [-0.25, -0.2) is 9.67 Å². The molecule has 7 nitrogen and oxygen atoms in total. The van der Waals surface area contributed by atoms with Gasteiger partial charge in [0.25, 0.3) is 11.8 Å². The van der Waals surface area contributed by atoms with Crippen LogP contribution in [-0.4, -0.2) is 26.6 Å². The summed E-state index contributed by atoms with van der Waals surface area (Å²) in [6.45, 7) is 0.318. The van der Waals surface area contributed by atoms with Crippen molar-refractivity contribution in [2.75, 3.05) is 5.32 Å². The van der Waals surface area contributed by atoms with Crippen molar-refractivity contribution in [3.63, 3.8) is 0 Å². The molecule has 29 heavy (non-hydrogen) atoms. The van der Waals surface area contributed by atoms with E-state index in [1.165, 1.54) is 11.3 Å². The Hall–Kier alpha value is -3.78. The van der Waals surface area contributed by atoms with Crippen LogP contribution in [0, 0.1) is 0 Å². The highest BCUT2D eigenvalue weighted by Gasteiger charge is 2.14. The third-order valence-electron chi connectivity index (χ3n) is 4.17. The lowest BCUT2D eigenvalue weighted by molar-refractivity contribution is 0.0951. The first-order chi connectivity index (χ1) is 14.2. The number of carbonyl (C=O) groups excluding carboxylic acids is 2. The summed E-state index contributed by atoms with van der Waals surface area (Å²) in [6.07, 6.45) is 5.19. The average Bonchev–Trinajstić information content (AvgIpc) is 3.47. The minimum Gasteiger partial charge on any atom is -0.348 e. The summed E-state index contributed by atoms with van der Waals surface area (Å²) in [6, 6.07) is 16.0. The highest BCUT2D eigenvalue weighted by Crippen LogP contribution is 2.18. The Morgan fingerprint density at radius 3 is 2.62 bits per heavy atom. The molecule has 0 unspecified atom stereocenters. The molecule has 4 rings (SSSR count). The number of thiophene rings is 1. The van der Waals surface area contributed by atoms with Crippen LogP contribution in [0.5, 0.6) is 0 Å². The van der Waals surface area contributed by atoms with E-state index in [4.69, 9.17) is 0 Å². The quantitative estimate of drug-likeness (QED) is 0.516. The second kappa shape index (κ2) is 8.49. The van der Waals surface area contributed by atoms with E-state index in [0.717, 1.165) is 5.56 Å². The van der Waals surface area contributed by atoms with Gasteiger partial charge in [-0.3, -0.25) is 9.59 Å². The van der Waals surface area contributed by atoms with E-state index < -0.39 is 0 Å². The molecule has 144 valence electrons. The minimum atomic E-state index is -0.275. The van der Waals surface area contributed by atoms with Gasteiger partial charge in [0.1, 0.15) is 0 Å². The molecule has 1 aromatic carbocycles. The van der Waals surface area contributed by atoms with Crippen LogP contribution in [0.15, 0.2) is 78.6 Å².